The molecule has 2 saturated heterocycles. The van der Waals surface area contributed by atoms with Crippen LogP contribution in [0, 0.1) is 11.8 Å². The van der Waals surface area contributed by atoms with Gasteiger partial charge in [0.1, 0.15) is 0 Å². The number of nitrogens with zero attached hydrogens (tertiary/aromatic N) is 2. The Hall–Kier alpha value is -1.34. The molecular formula is C14H24N2O5. The SMILES string of the molecule is CC(C(=O)O)C1CN(C(=O)N(C)CC2(O)CCOCC2)C1. The maximum Gasteiger partial charge on any atom is 0.319 e. The van der Waals surface area contributed by atoms with E-state index < -0.39 is 17.5 Å². The number of carboxylic acids is 1. The molecule has 0 aromatic rings. The molecular weight excluding hydrogens is 276 g/mol. The van der Waals surface area contributed by atoms with Crippen molar-refractivity contribution in [2.24, 2.45) is 11.8 Å². The van der Waals surface area contributed by atoms with Crippen LogP contribution in [0.2, 0.25) is 0 Å². The summed E-state index contributed by atoms with van der Waals surface area (Å²) < 4.78 is 5.22. The molecule has 0 aromatic heterocycles. The molecule has 2 fully saturated rings. The van der Waals surface area contributed by atoms with Crippen LogP contribution in [-0.2, 0) is 9.53 Å². The number of carbonyl (C=O) groups excluding carboxylic acids is 1. The first-order valence-corrected chi connectivity index (χ1v) is 7.35. The fourth-order valence-corrected chi connectivity index (χ4v) is 2.85. The molecule has 2 N–H and O–H groups in total. The second-order valence-corrected chi connectivity index (χ2v) is 6.27. The van der Waals surface area contributed by atoms with Gasteiger partial charge in [0.25, 0.3) is 0 Å². The second-order valence-electron chi connectivity index (χ2n) is 6.27. The molecule has 0 aromatic carbocycles. The van der Waals surface area contributed by atoms with E-state index >= 15 is 0 Å². The van der Waals surface area contributed by atoms with E-state index in [-0.39, 0.29) is 18.5 Å². The summed E-state index contributed by atoms with van der Waals surface area (Å²) in [6, 6.07) is -0.149. The standard InChI is InChI=1S/C14H24N2O5/c1-10(12(17)18)11-7-16(8-11)13(19)15(2)9-14(20)3-5-21-6-4-14/h10-11,20H,3-9H2,1-2H3,(H,17,18). The Morgan fingerprint density at radius 3 is 2.48 bits per heavy atom. The van der Waals surface area contributed by atoms with Crippen molar-refractivity contribution in [2.45, 2.75) is 25.4 Å². The summed E-state index contributed by atoms with van der Waals surface area (Å²) in [7, 11) is 1.67. The quantitative estimate of drug-likeness (QED) is 0.776. The first kappa shape index (κ1) is 16.0. The number of amides is 2. The molecule has 120 valence electrons. The highest BCUT2D eigenvalue weighted by atomic mass is 16.5. The zero-order chi connectivity index (χ0) is 15.6. The average Bonchev–Trinajstić information content (AvgIpc) is 2.36. The summed E-state index contributed by atoms with van der Waals surface area (Å²) in [6.45, 7) is 3.92. The second kappa shape index (κ2) is 6.19. The minimum atomic E-state index is -0.874. The van der Waals surface area contributed by atoms with Crippen molar-refractivity contribution in [3.8, 4) is 0 Å². The maximum atomic E-state index is 12.2. The zero-order valence-corrected chi connectivity index (χ0v) is 12.6. The van der Waals surface area contributed by atoms with Crippen LogP contribution in [0.15, 0.2) is 0 Å². The van der Waals surface area contributed by atoms with Crippen LogP contribution < -0.4 is 0 Å². The van der Waals surface area contributed by atoms with Crippen LogP contribution in [0.25, 0.3) is 0 Å². The summed E-state index contributed by atoms with van der Waals surface area (Å²) in [4.78, 5) is 26.3. The third-order valence-corrected chi connectivity index (χ3v) is 4.56. The van der Waals surface area contributed by atoms with Crippen molar-refractivity contribution >= 4 is 12.0 Å². The van der Waals surface area contributed by atoms with Crippen LogP contribution in [0.4, 0.5) is 4.79 Å². The lowest BCUT2D eigenvalue weighted by molar-refractivity contribution is -0.144. The van der Waals surface area contributed by atoms with Gasteiger partial charge in [0.2, 0.25) is 0 Å². The van der Waals surface area contributed by atoms with Crippen molar-refractivity contribution < 1.29 is 24.5 Å². The zero-order valence-electron chi connectivity index (χ0n) is 12.6. The van der Waals surface area contributed by atoms with Gasteiger partial charge in [0.05, 0.1) is 18.1 Å². The summed E-state index contributed by atoms with van der Waals surface area (Å²) in [5, 5.41) is 19.3. The molecule has 0 radical (unpaired) electrons. The fourth-order valence-electron chi connectivity index (χ4n) is 2.85. The first-order chi connectivity index (χ1) is 9.82. The molecule has 2 aliphatic heterocycles. The van der Waals surface area contributed by atoms with Gasteiger partial charge in [0.15, 0.2) is 0 Å². The summed E-state index contributed by atoms with van der Waals surface area (Å²) in [6.07, 6.45) is 1.06. The lowest BCUT2D eigenvalue weighted by atomic mass is 9.87. The number of rotatable bonds is 4. The molecule has 2 aliphatic rings. The molecule has 2 rings (SSSR count). The Labute approximate surface area is 124 Å². The maximum absolute atomic E-state index is 12.2. The van der Waals surface area contributed by atoms with Gasteiger partial charge in [-0.1, -0.05) is 6.92 Å². The number of likely N-dealkylation sites (tertiary alicyclic amines) is 1. The molecule has 0 bridgehead atoms. The molecule has 7 heteroatoms. The highest BCUT2D eigenvalue weighted by Gasteiger charge is 2.40. The number of carboxylic acid groups (broad SMARTS) is 1. The van der Waals surface area contributed by atoms with E-state index in [1.165, 1.54) is 4.90 Å². The smallest absolute Gasteiger partial charge is 0.319 e. The van der Waals surface area contributed by atoms with E-state index in [1.807, 2.05) is 0 Å². The number of carbonyl (C=O) groups is 2. The van der Waals surface area contributed by atoms with Crippen molar-refractivity contribution in [2.75, 3.05) is 39.9 Å². The average molecular weight is 300 g/mol. The number of likely N-dealkylation sites (N-methyl/N-ethyl adjacent to an activating group) is 1. The number of urea groups is 1. The largest absolute Gasteiger partial charge is 0.481 e. The molecule has 7 nitrogen and oxygen atoms in total. The number of aliphatic carboxylic acids is 1. The van der Waals surface area contributed by atoms with Crippen LogP contribution in [0.3, 0.4) is 0 Å². The highest BCUT2D eigenvalue weighted by molar-refractivity contribution is 5.76. The lowest BCUT2D eigenvalue weighted by Crippen LogP contribution is -2.58. The van der Waals surface area contributed by atoms with E-state index in [4.69, 9.17) is 9.84 Å². The number of ether oxygens (including phenoxy) is 1. The van der Waals surface area contributed by atoms with Gasteiger partial charge in [-0.25, -0.2) is 4.79 Å². The number of aliphatic hydroxyl groups is 1. The Morgan fingerprint density at radius 1 is 1.38 bits per heavy atom. The molecule has 0 spiro atoms. The Bertz CT molecular complexity index is 402. The van der Waals surface area contributed by atoms with Crippen molar-refractivity contribution in [1.82, 2.24) is 9.80 Å². The molecule has 2 heterocycles. The fraction of sp³-hybridized carbons (Fsp3) is 0.857. The lowest BCUT2D eigenvalue weighted by Gasteiger charge is -2.44. The Balaban J connectivity index is 1.80. The van der Waals surface area contributed by atoms with Gasteiger partial charge >= 0.3 is 12.0 Å². The van der Waals surface area contributed by atoms with Crippen molar-refractivity contribution in [3.63, 3.8) is 0 Å². The molecule has 1 atom stereocenters. The van der Waals surface area contributed by atoms with Crippen molar-refractivity contribution in [1.29, 1.82) is 0 Å². The topological polar surface area (TPSA) is 90.3 Å². The van der Waals surface area contributed by atoms with Crippen LogP contribution in [-0.4, -0.2) is 77.5 Å². The van der Waals surface area contributed by atoms with E-state index in [0.29, 0.717) is 39.1 Å². The predicted octanol–water partition coefficient (Wildman–Crippen LogP) is 0.232. The summed E-state index contributed by atoms with van der Waals surface area (Å²) >= 11 is 0. The minimum Gasteiger partial charge on any atom is -0.481 e. The van der Waals surface area contributed by atoms with E-state index in [2.05, 4.69) is 0 Å². The van der Waals surface area contributed by atoms with Crippen LogP contribution in [0.1, 0.15) is 19.8 Å². The molecule has 0 saturated carbocycles. The van der Waals surface area contributed by atoms with Crippen LogP contribution in [0.5, 0.6) is 0 Å². The van der Waals surface area contributed by atoms with Crippen LogP contribution >= 0.6 is 0 Å². The first-order valence-electron chi connectivity index (χ1n) is 7.35. The Kier molecular flexibility index (Phi) is 4.73. The normalized spacial score (nSPS) is 23.3. The van der Waals surface area contributed by atoms with E-state index in [0.717, 1.165) is 0 Å². The summed E-state index contributed by atoms with van der Waals surface area (Å²) in [5.74, 6) is -1.23. The van der Waals surface area contributed by atoms with Gasteiger partial charge in [-0.2, -0.15) is 0 Å². The van der Waals surface area contributed by atoms with E-state index in [9.17, 15) is 14.7 Å². The van der Waals surface area contributed by atoms with Gasteiger partial charge in [-0.15, -0.1) is 0 Å². The van der Waals surface area contributed by atoms with Crippen molar-refractivity contribution in [3.05, 3.63) is 0 Å². The Morgan fingerprint density at radius 2 is 1.95 bits per heavy atom. The third-order valence-electron chi connectivity index (χ3n) is 4.56. The summed E-state index contributed by atoms with van der Waals surface area (Å²) in [5.41, 5.74) is -0.874. The molecule has 0 aliphatic carbocycles. The molecule has 1 unspecified atom stereocenters. The molecule has 2 amide bonds. The number of hydrogen-bond donors (Lipinski definition) is 2. The van der Waals surface area contributed by atoms with Gasteiger partial charge < -0.3 is 24.7 Å². The van der Waals surface area contributed by atoms with Gasteiger partial charge in [-0.05, 0) is 0 Å². The highest BCUT2D eigenvalue weighted by Crippen LogP contribution is 2.26. The number of hydrogen-bond acceptors (Lipinski definition) is 4. The van der Waals surface area contributed by atoms with Gasteiger partial charge in [0, 0.05) is 52.1 Å². The third kappa shape index (κ3) is 3.65. The predicted molar refractivity (Wildman–Crippen MR) is 74.9 cm³/mol. The van der Waals surface area contributed by atoms with E-state index in [1.54, 1.807) is 18.9 Å². The van der Waals surface area contributed by atoms with Gasteiger partial charge in [-0.3, -0.25) is 4.79 Å². The minimum absolute atomic E-state index is 0.0195. The monoisotopic (exact) mass is 300 g/mol. The molecule has 21 heavy (non-hydrogen) atoms.